The topological polar surface area (TPSA) is 52.3 Å². The summed E-state index contributed by atoms with van der Waals surface area (Å²) < 4.78 is 17.6. The van der Waals surface area contributed by atoms with Gasteiger partial charge >= 0.3 is 0 Å². The highest BCUT2D eigenvalue weighted by atomic mass is 32.2. The minimum absolute atomic E-state index is 0.462. The Hall–Kier alpha value is -1.81. The summed E-state index contributed by atoms with van der Waals surface area (Å²) in [5.74, 6) is 1.13. The first kappa shape index (κ1) is 13.6. The van der Waals surface area contributed by atoms with E-state index in [9.17, 15) is 4.21 Å². The first-order chi connectivity index (χ1) is 9.11. The van der Waals surface area contributed by atoms with E-state index in [1.54, 1.807) is 25.3 Å². The van der Waals surface area contributed by atoms with Crippen LogP contribution in [-0.2, 0) is 16.6 Å². The number of hydrogen-bond acceptors (Lipinski definition) is 3. The van der Waals surface area contributed by atoms with Gasteiger partial charge in [-0.1, -0.05) is 24.3 Å². The third kappa shape index (κ3) is 3.15. The zero-order valence-electron chi connectivity index (χ0n) is 11.1. The number of anilines is 1. The summed E-state index contributed by atoms with van der Waals surface area (Å²) >= 11 is 0. The summed E-state index contributed by atoms with van der Waals surface area (Å²) in [6.07, 6.45) is 0. The fraction of sp³-hybridized carbons (Fsp3) is 0.200. The van der Waals surface area contributed by atoms with Crippen LogP contribution in [0.1, 0.15) is 11.1 Å². The molecule has 1 unspecified atom stereocenters. The maximum absolute atomic E-state index is 12.4. The van der Waals surface area contributed by atoms with Crippen molar-refractivity contribution >= 4 is 16.5 Å². The van der Waals surface area contributed by atoms with Crippen molar-refractivity contribution in [2.75, 3.05) is 12.8 Å². The van der Waals surface area contributed by atoms with Crippen LogP contribution >= 0.6 is 0 Å². The molecule has 2 rings (SSSR count). The third-order valence-corrected chi connectivity index (χ3v) is 4.43. The molecule has 0 amide bonds. The van der Waals surface area contributed by atoms with Gasteiger partial charge in [-0.2, -0.15) is 0 Å². The van der Waals surface area contributed by atoms with Gasteiger partial charge in [0, 0.05) is 5.69 Å². The number of methoxy groups -OCH3 is 1. The average Bonchev–Trinajstić information content (AvgIpc) is 2.42. The minimum Gasteiger partial charge on any atom is -0.497 e. The van der Waals surface area contributed by atoms with Crippen molar-refractivity contribution in [2.24, 2.45) is 0 Å². The van der Waals surface area contributed by atoms with Gasteiger partial charge in [-0.15, -0.1) is 0 Å². The molecule has 19 heavy (non-hydrogen) atoms. The lowest BCUT2D eigenvalue weighted by Crippen LogP contribution is -2.02. The largest absolute Gasteiger partial charge is 0.497 e. The Balaban J connectivity index is 2.28. The Bertz CT molecular complexity index is 611. The summed E-state index contributed by atoms with van der Waals surface area (Å²) in [5.41, 5.74) is 8.63. The molecule has 0 aliphatic carbocycles. The Kier molecular flexibility index (Phi) is 4.22. The highest BCUT2D eigenvalue weighted by molar-refractivity contribution is 7.84. The zero-order chi connectivity index (χ0) is 13.8. The monoisotopic (exact) mass is 275 g/mol. The van der Waals surface area contributed by atoms with Crippen molar-refractivity contribution in [3.8, 4) is 5.75 Å². The van der Waals surface area contributed by atoms with E-state index in [1.165, 1.54) is 0 Å². The van der Waals surface area contributed by atoms with Crippen molar-refractivity contribution in [1.29, 1.82) is 0 Å². The van der Waals surface area contributed by atoms with Gasteiger partial charge in [-0.3, -0.25) is 4.21 Å². The van der Waals surface area contributed by atoms with Gasteiger partial charge in [-0.25, -0.2) is 0 Å². The smallest absolute Gasteiger partial charge is 0.120 e. The number of nitrogen functional groups attached to an aromatic ring is 1. The minimum atomic E-state index is -1.17. The third-order valence-electron chi connectivity index (χ3n) is 3.01. The molecule has 1 atom stereocenters. The number of nitrogens with two attached hydrogens (primary N) is 1. The lowest BCUT2D eigenvalue weighted by atomic mass is 10.1. The molecular formula is C15H17NO2S. The molecule has 0 saturated heterocycles. The van der Waals surface area contributed by atoms with Crippen LogP contribution in [0.4, 0.5) is 5.69 Å². The molecule has 3 nitrogen and oxygen atoms in total. The number of hydrogen-bond donors (Lipinski definition) is 1. The number of rotatable bonds is 4. The Morgan fingerprint density at radius 1 is 1.21 bits per heavy atom. The molecule has 2 aromatic carbocycles. The Labute approximate surface area is 115 Å². The number of ether oxygens (including phenoxy) is 1. The molecule has 2 aromatic rings. The zero-order valence-corrected chi connectivity index (χ0v) is 11.9. The standard InChI is InChI=1S/C15H17NO2S/c1-11-5-3-4-6-12(11)10-19(17)15-9-13(18-2)7-8-14(15)16/h3-9H,10,16H2,1-2H3. The van der Waals surface area contributed by atoms with Gasteiger partial charge in [0.1, 0.15) is 5.75 Å². The normalized spacial score (nSPS) is 12.1. The molecule has 4 heteroatoms. The van der Waals surface area contributed by atoms with E-state index < -0.39 is 10.8 Å². The van der Waals surface area contributed by atoms with Crippen molar-refractivity contribution in [2.45, 2.75) is 17.6 Å². The van der Waals surface area contributed by atoms with Gasteiger partial charge in [0.25, 0.3) is 0 Å². The first-order valence-corrected chi connectivity index (χ1v) is 7.30. The van der Waals surface area contributed by atoms with E-state index in [-0.39, 0.29) is 0 Å². The van der Waals surface area contributed by atoms with Crippen LogP contribution < -0.4 is 10.5 Å². The van der Waals surface area contributed by atoms with Crippen LogP contribution in [-0.4, -0.2) is 11.3 Å². The van der Waals surface area contributed by atoms with Crippen LogP contribution in [0.3, 0.4) is 0 Å². The molecule has 0 radical (unpaired) electrons. The van der Waals surface area contributed by atoms with Crippen molar-refractivity contribution in [3.05, 3.63) is 53.6 Å². The van der Waals surface area contributed by atoms with Gasteiger partial charge in [0.15, 0.2) is 0 Å². The molecule has 0 bridgehead atoms. The van der Waals surface area contributed by atoms with E-state index >= 15 is 0 Å². The molecule has 0 heterocycles. The first-order valence-electron chi connectivity index (χ1n) is 5.98. The quantitative estimate of drug-likeness (QED) is 0.873. The van der Waals surface area contributed by atoms with Gasteiger partial charge in [0.05, 0.1) is 28.6 Å². The maximum atomic E-state index is 12.4. The van der Waals surface area contributed by atoms with Crippen molar-refractivity contribution in [3.63, 3.8) is 0 Å². The molecule has 0 aliphatic heterocycles. The van der Waals surface area contributed by atoms with Gasteiger partial charge in [0.2, 0.25) is 0 Å². The predicted molar refractivity (Wildman–Crippen MR) is 78.7 cm³/mol. The van der Waals surface area contributed by atoms with Crippen molar-refractivity contribution < 1.29 is 8.95 Å². The SMILES string of the molecule is COc1ccc(N)c(S(=O)Cc2ccccc2C)c1. The van der Waals surface area contributed by atoms with Crippen LogP contribution in [0.5, 0.6) is 5.75 Å². The lowest BCUT2D eigenvalue weighted by Gasteiger charge is -2.09. The Morgan fingerprint density at radius 3 is 2.63 bits per heavy atom. The Morgan fingerprint density at radius 2 is 1.95 bits per heavy atom. The fourth-order valence-corrected chi connectivity index (χ4v) is 3.17. The van der Waals surface area contributed by atoms with Crippen LogP contribution in [0.2, 0.25) is 0 Å². The summed E-state index contributed by atoms with van der Waals surface area (Å²) in [6.45, 7) is 2.02. The highest BCUT2D eigenvalue weighted by Gasteiger charge is 2.11. The molecule has 0 fully saturated rings. The molecule has 2 N–H and O–H groups in total. The van der Waals surface area contributed by atoms with E-state index in [0.717, 1.165) is 11.1 Å². The maximum Gasteiger partial charge on any atom is 0.120 e. The van der Waals surface area contributed by atoms with E-state index in [1.807, 2.05) is 31.2 Å². The van der Waals surface area contributed by atoms with Crippen LogP contribution in [0.25, 0.3) is 0 Å². The average molecular weight is 275 g/mol. The fourth-order valence-electron chi connectivity index (χ4n) is 1.83. The summed E-state index contributed by atoms with van der Waals surface area (Å²) in [7, 11) is 0.410. The van der Waals surface area contributed by atoms with Crippen LogP contribution in [0.15, 0.2) is 47.4 Å². The van der Waals surface area contributed by atoms with Crippen molar-refractivity contribution in [1.82, 2.24) is 0 Å². The van der Waals surface area contributed by atoms with E-state index in [4.69, 9.17) is 10.5 Å². The number of aryl methyl sites for hydroxylation is 1. The summed E-state index contributed by atoms with van der Waals surface area (Å²) in [4.78, 5) is 0.627. The van der Waals surface area contributed by atoms with Gasteiger partial charge < -0.3 is 10.5 Å². The summed E-state index contributed by atoms with van der Waals surface area (Å²) in [6, 6.07) is 13.2. The van der Waals surface area contributed by atoms with Crippen LogP contribution in [0, 0.1) is 6.92 Å². The molecular weight excluding hydrogens is 258 g/mol. The second-order valence-electron chi connectivity index (χ2n) is 4.32. The highest BCUT2D eigenvalue weighted by Crippen LogP contribution is 2.25. The molecule has 0 aliphatic rings. The summed E-state index contributed by atoms with van der Waals surface area (Å²) in [5, 5.41) is 0. The number of benzene rings is 2. The molecule has 0 spiro atoms. The second-order valence-corrected chi connectivity index (χ2v) is 5.74. The predicted octanol–water partition coefficient (Wildman–Crippen LogP) is 2.89. The van der Waals surface area contributed by atoms with E-state index in [0.29, 0.717) is 22.1 Å². The lowest BCUT2D eigenvalue weighted by molar-refractivity contribution is 0.413. The molecule has 100 valence electrons. The molecule has 0 aromatic heterocycles. The van der Waals surface area contributed by atoms with Gasteiger partial charge in [-0.05, 0) is 36.2 Å². The molecule has 0 saturated carbocycles. The second kappa shape index (κ2) is 5.89. The van der Waals surface area contributed by atoms with E-state index in [2.05, 4.69) is 0 Å².